The van der Waals surface area contributed by atoms with E-state index < -0.39 is 0 Å². The van der Waals surface area contributed by atoms with Crippen molar-refractivity contribution in [2.45, 2.75) is 17.9 Å². The predicted molar refractivity (Wildman–Crippen MR) is 53.2 cm³/mol. The molecule has 1 aromatic carbocycles. The molecule has 70 valence electrons. The third kappa shape index (κ3) is 1.58. The minimum absolute atomic E-state index is 0.00745. The summed E-state index contributed by atoms with van der Waals surface area (Å²) in [5.41, 5.74) is 6.94. The van der Waals surface area contributed by atoms with Crippen LogP contribution < -0.4 is 5.73 Å². The predicted octanol–water partition coefficient (Wildman–Crippen LogP) is 2.57. The van der Waals surface area contributed by atoms with Gasteiger partial charge in [0.05, 0.1) is 0 Å². The van der Waals surface area contributed by atoms with E-state index in [1.807, 2.05) is 6.07 Å². The number of benzene rings is 1. The lowest BCUT2D eigenvalue weighted by Gasteiger charge is -2.27. The molecule has 0 radical (unpaired) electrons. The van der Waals surface area contributed by atoms with Crippen LogP contribution in [0.25, 0.3) is 0 Å². The Morgan fingerprint density at radius 2 is 2.31 bits per heavy atom. The average Bonchev–Trinajstić information content (AvgIpc) is 2.12. The summed E-state index contributed by atoms with van der Waals surface area (Å²) in [6.07, 6.45) is 0. The Balaban J connectivity index is 2.45. The maximum atomic E-state index is 12.9. The van der Waals surface area contributed by atoms with Crippen LogP contribution in [0.5, 0.6) is 0 Å². The molecule has 0 saturated heterocycles. The topological polar surface area (TPSA) is 26.0 Å². The molecule has 0 saturated carbocycles. The van der Waals surface area contributed by atoms with Crippen LogP contribution in [0, 0.1) is 11.7 Å². The normalized spacial score (nSPS) is 27.0. The lowest BCUT2D eigenvalue weighted by Crippen LogP contribution is -2.24. The Morgan fingerprint density at radius 3 is 3.08 bits per heavy atom. The SMILES string of the molecule is CC1CSc2ccc(F)cc2C1N. The number of hydrogen-bond donors (Lipinski definition) is 1. The van der Waals surface area contributed by atoms with Crippen molar-refractivity contribution in [1.82, 2.24) is 0 Å². The van der Waals surface area contributed by atoms with Gasteiger partial charge in [0.1, 0.15) is 5.82 Å². The monoisotopic (exact) mass is 197 g/mol. The molecular formula is C10H12FNS. The van der Waals surface area contributed by atoms with Gasteiger partial charge in [-0.05, 0) is 29.7 Å². The lowest BCUT2D eigenvalue weighted by molar-refractivity contribution is 0.502. The van der Waals surface area contributed by atoms with Crippen LogP contribution >= 0.6 is 11.8 Å². The molecule has 1 nitrogen and oxygen atoms in total. The molecular weight excluding hydrogens is 185 g/mol. The van der Waals surface area contributed by atoms with Gasteiger partial charge in [-0.3, -0.25) is 0 Å². The Bertz CT molecular complexity index is 327. The summed E-state index contributed by atoms with van der Waals surface area (Å²) in [5, 5.41) is 0. The van der Waals surface area contributed by atoms with E-state index in [9.17, 15) is 4.39 Å². The van der Waals surface area contributed by atoms with Gasteiger partial charge in [-0.2, -0.15) is 0 Å². The molecule has 0 bridgehead atoms. The maximum absolute atomic E-state index is 12.9. The summed E-state index contributed by atoms with van der Waals surface area (Å²) in [7, 11) is 0. The van der Waals surface area contributed by atoms with Crippen molar-refractivity contribution in [2.75, 3.05) is 5.75 Å². The summed E-state index contributed by atoms with van der Waals surface area (Å²) in [5.74, 6) is 1.27. The van der Waals surface area contributed by atoms with Gasteiger partial charge in [-0.25, -0.2) is 4.39 Å². The van der Waals surface area contributed by atoms with Crippen molar-refractivity contribution in [1.29, 1.82) is 0 Å². The highest BCUT2D eigenvalue weighted by Gasteiger charge is 2.23. The molecule has 0 aromatic heterocycles. The molecule has 0 fully saturated rings. The Hall–Kier alpha value is -0.540. The first kappa shape index (κ1) is 9.03. The molecule has 1 aromatic rings. The smallest absolute Gasteiger partial charge is 0.123 e. The third-order valence-electron chi connectivity index (χ3n) is 2.45. The van der Waals surface area contributed by atoms with E-state index in [1.54, 1.807) is 17.8 Å². The summed E-state index contributed by atoms with van der Waals surface area (Å²) in [6.45, 7) is 2.10. The fourth-order valence-electron chi connectivity index (χ4n) is 1.54. The first-order valence-corrected chi connectivity index (χ1v) is 5.35. The Labute approximate surface area is 81.5 Å². The highest BCUT2D eigenvalue weighted by Crippen LogP contribution is 2.38. The number of fused-ring (bicyclic) bond motifs is 1. The van der Waals surface area contributed by atoms with Crippen molar-refractivity contribution in [2.24, 2.45) is 11.7 Å². The van der Waals surface area contributed by atoms with Gasteiger partial charge in [0.15, 0.2) is 0 Å². The van der Waals surface area contributed by atoms with E-state index in [2.05, 4.69) is 6.92 Å². The molecule has 2 unspecified atom stereocenters. The molecule has 13 heavy (non-hydrogen) atoms. The van der Waals surface area contributed by atoms with Crippen LogP contribution in [-0.2, 0) is 0 Å². The standard InChI is InChI=1S/C10H12FNS/c1-6-5-13-9-3-2-7(11)4-8(9)10(6)12/h2-4,6,10H,5,12H2,1H3. The second kappa shape index (κ2) is 3.31. The summed E-state index contributed by atoms with van der Waals surface area (Å²) in [4.78, 5) is 1.13. The zero-order valence-electron chi connectivity index (χ0n) is 7.46. The molecule has 2 rings (SSSR count). The van der Waals surface area contributed by atoms with Crippen molar-refractivity contribution < 1.29 is 4.39 Å². The molecule has 0 aliphatic carbocycles. The van der Waals surface area contributed by atoms with E-state index >= 15 is 0 Å². The molecule has 2 N–H and O–H groups in total. The highest BCUT2D eigenvalue weighted by molar-refractivity contribution is 7.99. The van der Waals surface area contributed by atoms with Gasteiger partial charge in [-0.1, -0.05) is 6.92 Å². The van der Waals surface area contributed by atoms with Crippen LogP contribution in [0.2, 0.25) is 0 Å². The van der Waals surface area contributed by atoms with Crippen LogP contribution in [0.1, 0.15) is 18.5 Å². The molecule has 1 heterocycles. The van der Waals surface area contributed by atoms with Crippen LogP contribution in [0.15, 0.2) is 23.1 Å². The number of halogens is 1. The van der Waals surface area contributed by atoms with Crippen LogP contribution in [-0.4, -0.2) is 5.75 Å². The highest BCUT2D eigenvalue weighted by atomic mass is 32.2. The molecule has 2 atom stereocenters. The van der Waals surface area contributed by atoms with E-state index in [1.165, 1.54) is 6.07 Å². The minimum atomic E-state index is -0.191. The zero-order valence-corrected chi connectivity index (χ0v) is 8.27. The van der Waals surface area contributed by atoms with Crippen molar-refractivity contribution in [3.8, 4) is 0 Å². The van der Waals surface area contributed by atoms with E-state index in [0.29, 0.717) is 5.92 Å². The Morgan fingerprint density at radius 1 is 1.54 bits per heavy atom. The fraction of sp³-hybridized carbons (Fsp3) is 0.400. The van der Waals surface area contributed by atoms with E-state index in [0.717, 1.165) is 16.2 Å². The molecule has 0 amide bonds. The van der Waals surface area contributed by atoms with Crippen molar-refractivity contribution in [3.63, 3.8) is 0 Å². The van der Waals surface area contributed by atoms with Crippen LogP contribution in [0.3, 0.4) is 0 Å². The Kier molecular flexibility index (Phi) is 2.30. The van der Waals surface area contributed by atoms with Gasteiger partial charge >= 0.3 is 0 Å². The number of thioether (sulfide) groups is 1. The van der Waals surface area contributed by atoms with Crippen molar-refractivity contribution in [3.05, 3.63) is 29.6 Å². The summed E-state index contributed by atoms with van der Waals surface area (Å²) >= 11 is 1.76. The first-order valence-electron chi connectivity index (χ1n) is 4.36. The minimum Gasteiger partial charge on any atom is -0.324 e. The zero-order chi connectivity index (χ0) is 9.42. The third-order valence-corrected chi connectivity index (χ3v) is 3.82. The van der Waals surface area contributed by atoms with E-state index in [-0.39, 0.29) is 11.9 Å². The number of nitrogens with two attached hydrogens (primary N) is 1. The number of rotatable bonds is 0. The molecule has 0 spiro atoms. The molecule has 1 aliphatic heterocycles. The van der Waals surface area contributed by atoms with Gasteiger partial charge in [-0.15, -0.1) is 11.8 Å². The lowest BCUT2D eigenvalue weighted by atomic mass is 9.96. The van der Waals surface area contributed by atoms with Crippen molar-refractivity contribution >= 4 is 11.8 Å². The van der Waals surface area contributed by atoms with Gasteiger partial charge < -0.3 is 5.73 Å². The maximum Gasteiger partial charge on any atom is 0.123 e. The van der Waals surface area contributed by atoms with Gasteiger partial charge in [0, 0.05) is 16.7 Å². The number of hydrogen-bond acceptors (Lipinski definition) is 2. The second-order valence-electron chi connectivity index (χ2n) is 3.50. The van der Waals surface area contributed by atoms with Gasteiger partial charge in [0.25, 0.3) is 0 Å². The van der Waals surface area contributed by atoms with Gasteiger partial charge in [0.2, 0.25) is 0 Å². The average molecular weight is 197 g/mol. The summed E-state index contributed by atoms with van der Waals surface area (Å²) in [6, 6.07) is 4.87. The van der Waals surface area contributed by atoms with Crippen LogP contribution in [0.4, 0.5) is 4.39 Å². The largest absolute Gasteiger partial charge is 0.324 e. The molecule has 1 aliphatic rings. The fourth-order valence-corrected chi connectivity index (χ4v) is 2.72. The summed E-state index contributed by atoms with van der Waals surface area (Å²) < 4.78 is 12.9. The second-order valence-corrected chi connectivity index (χ2v) is 4.56. The first-order chi connectivity index (χ1) is 6.18. The van der Waals surface area contributed by atoms with E-state index in [4.69, 9.17) is 5.73 Å². The molecule has 3 heteroatoms. The quantitative estimate of drug-likeness (QED) is 0.691.